The van der Waals surface area contributed by atoms with Crippen molar-refractivity contribution in [2.24, 2.45) is 0 Å². The minimum atomic E-state index is -0.586. The van der Waals surface area contributed by atoms with Crippen LogP contribution in [0.2, 0.25) is 0 Å². The van der Waals surface area contributed by atoms with Crippen LogP contribution in [-0.4, -0.2) is 41.1 Å². The number of ketones is 1. The first-order valence-electron chi connectivity index (χ1n) is 6.74. The first-order chi connectivity index (χ1) is 9.49. The maximum absolute atomic E-state index is 11.9. The van der Waals surface area contributed by atoms with E-state index < -0.39 is 11.8 Å². The molecule has 1 aromatic rings. The molecule has 0 bridgehead atoms. The summed E-state index contributed by atoms with van der Waals surface area (Å²) in [5.41, 5.74) is 0.139. The number of nitrogens with zero attached hydrogens (tertiary/aromatic N) is 1. The van der Waals surface area contributed by atoms with Gasteiger partial charge in [0, 0.05) is 0 Å². The molecule has 1 rings (SSSR count). The van der Waals surface area contributed by atoms with Gasteiger partial charge in [-0.1, -0.05) is 26.0 Å². The Balaban J connectivity index is 2.59. The Morgan fingerprint density at radius 1 is 1.25 bits per heavy atom. The quantitative estimate of drug-likeness (QED) is 0.359. The Morgan fingerprint density at radius 2 is 1.85 bits per heavy atom. The summed E-state index contributed by atoms with van der Waals surface area (Å²) < 4.78 is 5.21. The normalized spacial score (nSPS) is 12.2. The number of carbonyl (C=O) groups excluding carboxylic acids is 2. The maximum Gasteiger partial charge on any atom is 0.315 e. The highest BCUT2D eigenvalue weighted by atomic mass is 16.6. The molecule has 0 fully saturated rings. The van der Waals surface area contributed by atoms with Crippen LogP contribution < -0.4 is 0 Å². The van der Waals surface area contributed by atoms with E-state index in [4.69, 9.17) is 4.74 Å². The van der Waals surface area contributed by atoms with Crippen molar-refractivity contribution in [3.63, 3.8) is 0 Å². The van der Waals surface area contributed by atoms with E-state index in [1.807, 2.05) is 18.7 Å². The van der Waals surface area contributed by atoms with Crippen LogP contribution in [0, 0.1) is 0 Å². The average Bonchev–Trinajstić information content (AvgIpc) is 2.40. The second kappa shape index (κ2) is 7.65. The fourth-order valence-corrected chi connectivity index (χ4v) is 1.98. The monoisotopic (exact) mass is 279 g/mol. The van der Waals surface area contributed by atoms with E-state index in [0.29, 0.717) is 0 Å². The third-order valence-electron chi connectivity index (χ3n) is 3.14. The molecule has 5 nitrogen and oxygen atoms in total. The van der Waals surface area contributed by atoms with Gasteiger partial charge >= 0.3 is 5.97 Å². The molecule has 1 N–H and O–H groups in total. The third kappa shape index (κ3) is 4.35. The van der Waals surface area contributed by atoms with Gasteiger partial charge in [-0.3, -0.25) is 14.5 Å². The van der Waals surface area contributed by atoms with Gasteiger partial charge in [0.2, 0.25) is 0 Å². The molecule has 1 unspecified atom stereocenters. The van der Waals surface area contributed by atoms with E-state index in [2.05, 4.69) is 0 Å². The lowest BCUT2D eigenvalue weighted by molar-refractivity contribution is -0.156. The molecule has 0 spiro atoms. The van der Waals surface area contributed by atoms with Crippen LogP contribution in [0.15, 0.2) is 24.3 Å². The lowest BCUT2D eigenvalue weighted by atomic mass is 10.1. The standard InChI is InChI=1S/C15H21NO4/c1-4-16(5-2)11(3)20-15(19)10-14(18)12-8-6-7-9-13(12)17/h6-9,11,17H,4-5,10H2,1-3H3. The lowest BCUT2D eigenvalue weighted by Crippen LogP contribution is -2.36. The molecule has 0 aliphatic carbocycles. The van der Waals surface area contributed by atoms with Gasteiger partial charge in [0.05, 0.1) is 5.56 Å². The summed E-state index contributed by atoms with van der Waals surface area (Å²) in [5, 5.41) is 9.56. The number of phenolic OH excluding ortho intramolecular Hbond substituents is 1. The minimum absolute atomic E-state index is 0.123. The number of hydrogen-bond acceptors (Lipinski definition) is 5. The number of hydrogen-bond donors (Lipinski definition) is 1. The molecule has 1 aromatic carbocycles. The zero-order chi connectivity index (χ0) is 15.1. The highest BCUT2D eigenvalue weighted by molar-refractivity contribution is 6.07. The van der Waals surface area contributed by atoms with Crippen molar-refractivity contribution in [1.29, 1.82) is 0 Å². The van der Waals surface area contributed by atoms with Crippen LogP contribution in [0.5, 0.6) is 5.75 Å². The molecule has 1 atom stereocenters. The van der Waals surface area contributed by atoms with E-state index in [9.17, 15) is 14.7 Å². The Morgan fingerprint density at radius 3 is 2.40 bits per heavy atom. The van der Waals surface area contributed by atoms with Crippen LogP contribution in [0.3, 0.4) is 0 Å². The van der Waals surface area contributed by atoms with Crippen LogP contribution in [0.4, 0.5) is 0 Å². The molecule has 20 heavy (non-hydrogen) atoms. The molecule has 0 aliphatic rings. The number of aromatic hydroxyl groups is 1. The fourth-order valence-electron chi connectivity index (χ4n) is 1.98. The van der Waals surface area contributed by atoms with Crippen molar-refractivity contribution in [3.8, 4) is 5.75 Å². The predicted octanol–water partition coefficient (Wildman–Crippen LogP) is 2.20. The van der Waals surface area contributed by atoms with Crippen molar-refractivity contribution in [1.82, 2.24) is 4.90 Å². The molecule has 110 valence electrons. The van der Waals surface area contributed by atoms with E-state index in [1.54, 1.807) is 19.1 Å². The van der Waals surface area contributed by atoms with Crippen LogP contribution in [0.1, 0.15) is 37.6 Å². The number of carbonyl (C=O) groups is 2. The van der Waals surface area contributed by atoms with Gasteiger partial charge in [0.25, 0.3) is 0 Å². The molecule has 5 heteroatoms. The topological polar surface area (TPSA) is 66.8 Å². The third-order valence-corrected chi connectivity index (χ3v) is 3.14. The van der Waals surface area contributed by atoms with Crippen molar-refractivity contribution in [3.05, 3.63) is 29.8 Å². The zero-order valence-corrected chi connectivity index (χ0v) is 12.1. The second-order valence-corrected chi connectivity index (χ2v) is 4.43. The Hall–Kier alpha value is -1.88. The largest absolute Gasteiger partial charge is 0.507 e. The first kappa shape index (κ1) is 16.2. The van der Waals surface area contributed by atoms with Gasteiger partial charge in [0.15, 0.2) is 12.0 Å². The molecule has 0 saturated carbocycles. The Kier molecular flexibility index (Phi) is 6.18. The molecule has 0 heterocycles. The predicted molar refractivity (Wildman–Crippen MR) is 75.5 cm³/mol. The van der Waals surface area contributed by atoms with Crippen LogP contribution >= 0.6 is 0 Å². The van der Waals surface area contributed by atoms with Gasteiger partial charge in [-0.05, 0) is 32.1 Å². The summed E-state index contributed by atoms with van der Waals surface area (Å²) in [6.45, 7) is 7.24. The Labute approximate surface area is 119 Å². The van der Waals surface area contributed by atoms with E-state index in [-0.39, 0.29) is 24.0 Å². The number of rotatable bonds is 7. The summed E-state index contributed by atoms with van der Waals surface area (Å²) in [7, 11) is 0. The summed E-state index contributed by atoms with van der Waals surface area (Å²) in [6.07, 6.45) is -0.738. The molecule has 0 aromatic heterocycles. The first-order valence-corrected chi connectivity index (χ1v) is 6.74. The number of para-hydroxylation sites is 1. The average molecular weight is 279 g/mol. The number of ether oxygens (including phenoxy) is 1. The molecular weight excluding hydrogens is 258 g/mol. The van der Waals surface area contributed by atoms with Crippen molar-refractivity contribution >= 4 is 11.8 Å². The van der Waals surface area contributed by atoms with Gasteiger partial charge < -0.3 is 9.84 Å². The summed E-state index contributed by atoms with van der Waals surface area (Å²) in [5.74, 6) is -1.15. The summed E-state index contributed by atoms with van der Waals surface area (Å²) in [4.78, 5) is 25.6. The summed E-state index contributed by atoms with van der Waals surface area (Å²) in [6, 6.07) is 6.15. The van der Waals surface area contributed by atoms with Gasteiger partial charge in [-0.2, -0.15) is 0 Å². The maximum atomic E-state index is 11.9. The highest BCUT2D eigenvalue weighted by Gasteiger charge is 2.19. The Bertz CT molecular complexity index is 469. The van der Waals surface area contributed by atoms with Crippen molar-refractivity contribution < 1.29 is 19.4 Å². The smallest absolute Gasteiger partial charge is 0.315 e. The highest BCUT2D eigenvalue weighted by Crippen LogP contribution is 2.17. The van der Waals surface area contributed by atoms with Crippen molar-refractivity contribution in [2.45, 2.75) is 33.4 Å². The SMILES string of the molecule is CCN(CC)C(C)OC(=O)CC(=O)c1ccccc1O. The summed E-state index contributed by atoms with van der Waals surface area (Å²) >= 11 is 0. The van der Waals surface area contributed by atoms with Crippen LogP contribution in [-0.2, 0) is 9.53 Å². The number of Topliss-reactive ketones (excluding diaryl/α,β-unsaturated/α-hetero) is 1. The van der Waals surface area contributed by atoms with Gasteiger partial charge in [0.1, 0.15) is 12.2 Å². The molecule has 0 saturated heterocycles. The second-order valence-electron chi connectivity index (χ2n) is 4.43. The zero-order valence-electron chi connectivity index (χ0n) is 12.1. The molecule has 0 radical (unpaired) electrons. The van der Waals surface area contributed by atoms with Crippen molar-refractivity contribution in [2.75, 3.05) is 13.1 Å². The lowest BCUT2D eigenvalue weighted by Gasteiger charge is -2.25. The van der Waals surface area contributed by atoms with E-state index in [0.717, 1.165) is 13.1 Å². The molecule has 0 aliphatic heterocycles. The molecule has 0 amide bonds. The fraction of sp³-hybridized carbons (Fsp3) is 0.467. The van der Waals surface area contributed by atoms with Crippen LogP contribution in [0.25, 0.3) is 0 Å². The molecular formula is C15H21NO4. The number of esters is 1. The van der Waals surface area contributed by atoms with E-state index in [1.165, 1.54) is 12.1 Å². The number of phenols is 1. The van der Waals surface area contributed by atoms with Gasteiger partial charge in [-0.15, -0.1) is 0 Å². The van der Waals surface area contributed by atoms with E-state index >= 15 is 0 Å². The number of benzene rings is 1. The van der Waals surface area contributed by atoms with Gasteiger partial charge in [-0.25, -0.2) is 0 Å². The minimum Gasteiger partial charge on any atom is -0.507 e.